The van der Waals surface area contributed by atoms with Crippen LogP contribution in [0, 0.1) is 13.8 Å². The molecule has 0 N–H and O–H groups in total. The van der Waals surface area contributed by atoms with Gasteiger partial charge in [-0.05, 0) is 49.2 Å². The van der Waals surface area contributed by atoms with Crippen molar-refractivity contribution < 1.29 is 0 Å². The summed E-state index contributed by atoms with van der Waals surface area (Å²) >= 11 is 0. The van der Waals surface area contributed by atoms with E-state index in [4.69, 9.17) is 9.97 Å². The Bertz CT molecular complexity index is 928. The topological polar surface area (TPSA) is 51.6 Å². The molecule has 0 saturated heterocycles. The van der Waals surface area contributed by atoms with Crippen LogP contribution in [-0.2, 0) is 0 Å². The first-order valence-corrected chi connectivity index (χ1v) is 7.85. The Labute approximate surface area is 140 Å². The molecular weight excluding hydrogens is 296 g/mol. The smallest absolute Gasteiger partial charge is 0.117 e. The van der Waals surface area contributed by atoms with E-state index in [9.17, 15) is 0 Å². The van der Waals surface area contributed by atoms with Gasteiger partial charge in [-0.25, -0.2) is 9.97 Å². The molecule has 1 aromatic carbocycles. The number of nitrogens with zero attached hydrogens (tertiary/aromatic N) is 4. The maximum Gasteiger partial charge on any atom is 0.117 e. The Kier molecular flexibility index (Phi) is 3.50. The van der Waals surface area contributed by atoms with Crippen LogP contribution in [0.25, 0.3) is 33.8 Å². The van der Waals surface area contributed by atoms with Crippen molar-refractivity contribution in [1.29, 1.82) is 0 Å². The van der Waals surface area contributed by atoms with E-state index in [2.05, 4.69) is 35.9 Å². The lowest BCUT2D eigenvalue weighted by Gasteiger charge is -2.11. The van der Waals surface area contributed by atoms with Gasteiger partial charge in [-0.1, -0.05) is 24.3 Å². The number of fused-ring (bicyclic) bond motifs is 1. The van der Waals surface area contributed by atoms with Gasteiger partial charge in [0.2, 0.25) is 0 Å². The van der Waals surface area contributed by atoms with Gasteiger partial charge in [-0.3, -0.25) is 9.97 Å². The summed E-state index contributed by atoms with van der Waals surface area (Å²) < 4.78 is 0. The Balaban J connectivity index is 2.10. The number of benzene rings is 1. The third-order valence-electron chi connectivity index (χ3n) is 4.04. The van der Waals surface area contributed by atoms with E-state index in [0.717, 1.165) is 44.9 Å². The van der Waals surface area contributed by atoms with Crippen LogP contribution in [0.15, 0.2) is 60.9 Å². The molecule has 4 nitrogen and oxygen atoms in total. The third kappa shape index (κ3) is 2.42. The number of hydrogen-bond donors (Lipinski definition) is 0. The number of rotatable bonds is 2. The molecule has 4 rings (SSSR count). The molecule has 116 valence electrons. The highest BCUT2D eigenvalue weighted by Gasteiger charge is 2.16. The molecule has 0 aliphatic heterocycles. The zero-order valence-corrected chi connectivity index (χ0v) is 13.6. The SMILES string of the molecule is Cc1ccc(C)c2nc(-c3ccccn3)c(-c3ccccn3)nc12. The molecule has 3 aromatic heterocycles. The van der Waals surface area contributed by atoms with E-state index in [-0.39, 0.29) is 0 Å². The molecule has 0 unspecified atom stereocenters. The highest BCUT2D eigenvalue weighted by molar-refractivity contribution is 5.87. The van der Waals surface area contributed by atoms with Gasteiger partial charge in [-0.15, -0.1) is 0 Å². The van der Waals surface area contributed by atoms with Crippen molar-refractivity contribution in [2.75, 3.05) is 0 Å². The third-order valence-corrected chi connectivity index (χ3v) is 4.04. The predicted octanol–water partition coefficient (Wildman–Crippen LogP) is 4.37. The van der Waals surface area contributed by atoms with E-state index >= 15 is 0 Å². The highest BCUT2D eigenvalue weighted by atomic mass is 14.9. The number of aromatic nitrogens is 4. The lowest BCUT2D eigenvalue weighted by atomic mass is 10.1. The van der Waals surface area contributed by atoms with Gasteiger partial charge in [0.25, 0.3) is 0 Å². The number of pyridine rings is 2. The highest BCUT2D eigenvalue weighted by Crippen LogP contribution is 2.30. The summed E-state index contributed by atoms with van der Waals surface area (Å²) in [7, 11) is 0. The molecule has 0 bridgehead atoms. The van der Waals surface area contributed by atoms with Crippen molar-refractivity contribution in [3.63, 3.8) is 0 Å². The molecule has 4 aromatic rings. The fourth-order valence-corrected chi connectivity index (χ4v) is 2.76. The minimum atomic E-state index is 0.760. The van der Waals surface area contributed by atoms with Crippen LogP contribution in [-0.4, -0.2) is 19.9 Å². The average molecular weight is 312 g/mol. The van der Waals surface area contributed by atoms with Gasteiger partial charge in [-0.2, -0.15) is 0 Å². The molecule has 4 heteroatoms. The van der Waals surface area contributed by atoms with Gasteiger partial charge >= 0.3 is 0 Å². The molecule has 3 heterocycles. The van der Waals surface area contributed by atoms with Gasteiger partial charge in [0.1, 0.15) is 11.4 Å². The first kappa shape index (κ1) is 14.5. The maximum absolute atomic E-state index is 4.92. The van der Waals surface area contributed by atoms with Gasteiger partial charge in [0.15, 0.2) is 0 Å². The van der Waals surface area contributed by atoms with E-state index in [1.807, 2.05) is 36.4 Å². The molecule has 0 amide bonds. The van der Waals surface area contributed by atoms with Crippen LogP contribution in [0.5, 0.6) is 0 Å². The number of aryl methyl sites for hydroxylation is 2. The quantitative estimate of drug-likeness (QED) is 0.551. The summed E-state index contributed by atoms with van der Waals surface area (Å²) in [5.41, 5.74) is 7.15. The van der Waals surface area contributed by atoms with Crippen LogP contribution in [0.1, 0.15) is 11.1 Å². The summed E-state index contributed by atoms with van der Waals surface area (Å²) in [5, 5.41) is 0. The summed E-state index contributed by atoms with van der Waals surface area (Å²) in [6.07, 6.45) is 3.54. The lowest BCUT2D eigenvalue weighted by Crippen LogP contribution is -2.00. The second kappa shape index (κ2) is 5.81. The Morgan fingerprint density at radius 3 is 1.42 bits per heavy atom. The van der Waals surface area contributed by atoms with Crippen LogP contribution in [0.3, 0.4) is 0 Å². The van der Waals surface area contributed by atoms with E-state index in [1.165, 1.54) is 0 Å². The summed E-state index contributed by atoms with van der Waals surface area (Å²) in [4.78, 5) is 18.8. The van der Waals surface area contributed by atoms with Crippen LogP contribution >= 0.6 is 0 Å². The molecule has 0 spiro atoms. The lowest BCUT2D eigenvalue weighted by molar-refractivity contribution is 1.19. The molecule has 24 heavy (non-hydrogen) atoms. The summed E-state index contributed by atoms with van der Waals surface area (Å²) in [6.45, 7) is 4.11. The molecule has 0 aliphatic rings. The zero-order valence-electron chi connectivity index (χ0n) is 13.6. The van der Waals surface area contributed by atoms with Crippen LogP contribution < -0.4 is 0 Å². The monoisotopic (exact) mass is 312 g/mol. The van der Waals surface area contributed by atoms with Gasteiger partial charge in [0, 0.05) is 12.4 Å². The van der Waals surface area contributed by atoms with Crippen molar-refractivity contribution in [1.82, 2.24) is 19.9 Å². The Hall–Kier alpha value is -3.14. The van der Waals surface area contributed by atoms with Crippen molar-refractivity contribution in [2.45, 2.75) is 13.8 Å². The standard InChI is InChI=1S/C20H16N4/c1-13-9-10-14(2)18-17(13)23-19(15-7-3-5-11-21-15)20(24-18)16-8-4-6-12-22-16/h3-12H,1-2H3. The summed E-state index contributed by atoms with van der Waals surface area (Å²) in [5.74, 6) is 0. The summed E-state index contributed by atoms with van der Waals surface area (Å²) in [6, 6.07) is 15.8. The first-order chi connectivity index (χ1) is 11.7. The van der Waals surface area contributed by atoms with E-state index < -0.39 is 0 Å². The Morgan fingerprint density at radius 2 is 1.04 bits per heavy atom. The largest absolute Gasteiger partial charge is 0.255 e. The van der Waals surface area contributed by atoms with Crippen molar-refractivity contribution in [3.05, 3.63) is 72.1 Å². The van der Waals surface area contributed by atoms with Crippen molar-refractivity contribution in [3.8, 4) is 22.8 Å². The zero-order chi connectivity index (χ0) is 16.5. The fraction of sp³-hybridized carbons (Fsp3) is 0.100. The molecule has 0 aliphatic carbocycles. The van der Waals surface area contributed by atoms with Gasteiger partial charge < -0.3 is 0 Å². The number of hydrogen-bond acceptors (Lipinski definition) is 4. The molecule has 0 atom stereocenters. The van der Waals surface area contributed by atoms with Crippen molar-refractivity contribution in [2.24, 2.45) is 0 Å². The van der Waals surface area contributed by atoms with Crippen molar-refractivity contribution >= 4 is 11.0 Å². The molecular formula is C20H16N4. The first-order valence-electron chi connectivity index (χ1n) is 7.85. The minimum Gasteiger partial charge on any atom is -0.255 e. The van der Waals surface area contributed by atoms with E-state index in [1.54, 1.807) is 12.4 Å². The van der Waals surface area contributed by atoms with Crippen LogP contribution in [0.2, 0.25) is 0 Å². The predicted molar refractivity (Wildman–Crippen MR) is 95.5 cm³/mol. The molecule has 0 fully saturated rings. The fourth-order valence-electron chi connectivity index (χ4n) is 2.76. The van der Waals surface area contributed by atoms with E-state index in [0.29, 0.717) is 0 Å². The van der Waals surface area contributed by atoms with Gasteiger partial charge in [0.05, 0.1) is 22.4 Å². The molecule has 0 radical (unpaired) electrons. The maximum atomic E-state index is 4.92. The average Bonchev–Trinajstić information content (AvgIpc) is 2.65. The second-order valence-corrected chi connectivity index (χ2v) is 5.75. The minimum absolute atomic E-state index is 0.760. The second-order valence-electron chi connectivity index (χ2n) is 5.75. The normalized spacial score (nSPS) is 10.9. The molecule has 0 saturated carbocycles. The van der Waals surface area contributed by atoms with Crippen LogP contribution in [0.4, 0.5) is 0 Å². The Morgan fingerprint density at radius 1 is 0.583 bits per heavy atom.